The molecule has 1 rings (SSSR count). The van der Waals surface area contributed by atoms with Gasteiger partial charge in [0.15, 0.2) is 0 Å². The van der Waals surface area contributed by atoms with Crippen LogP contribution >= 0.6 is 11.6 Å². The van der Waals surface area contributed by atoms with E-state index >= 15 is 0 Å². The van der Waals surface area contributed by atoms with E-state index < -0.39 is 5.82 Å². The van der Waals surface area contributed by atoms with Crippen molar-refractivity contribution in [3.8, 4) is 6.07 Å². The van der Waals surface area contributed by atoms with E-state index in [1.165, 1.54) is 12.1 Å². The van der Waals surface area contributed by atoms with Crippen molar-refractivity contribution in [2.45, 2.75) is 19.8 Å². The fourth-order valence-electron chi connectivity index (χ4n) is 1.38. The summed E-state index contributed by atoms with van der Waals surface area (Å²) in [6, 6.07) is 6.40. The second-order valence-electron chi connectivity index (χ2n) is 3.36. The molecule has 0 saturated carbocycles. The van der Waals surface area contributed by atoms with Gasteiger partial charge >= 0.3 is 0 Å². The van der Waals surface area contributed by atoms with Crippen molar-refractivity contribution in [2.24, 2.45) is 5.73 Å². The number of allylic oxidation sites excluding steroid dienone is 1. The third-order valence-corrected chi connectivity index (χ3v) is 2.59. The van der Waals surface area contributed by atoms with E-state index in [0.717, 1.165) is 6.42 Å². The molecule has 16 heavy (non-hydrogen) atoms. The largest absolute Gasteiger partial charge is 0.397 e. The molecule has 0 aliphatic heterocycles. The Kier molecular flexibility index (Phi) is 4.33. The topological polar surface area (TPSA) is 49.8 Å². The van der Waals surface area contributed by atoms with Crippen LogP contribution in [0.25, 0.3) is 5.70 Å². The number of hydrogen-bond acceptors (Lipinski definition) is 2. The second-order valence-corrected chi connectivity index (χ2v) is 3.73. The van der Waals surface area contributed by atoms with Crippen molar-refractivity contribution in [3.63, 3.8) is 0 Å². The van der Waals surface area contributed by atoms with E-state index in [4.69, 9.17) is 22.6 Å². The van der Waals surface area contributed by atoms with Crippen molar-refractivity contribution in [1.82, 2.24) is 0 Å². The van der Waals surface area contributed by atoms with Crippen LogP contribution in [0.3, 0.4) is 0 Å². The predicted octanol–water partition coefficient (Wildman–Crippen LogP) is 3.47. The van der Waals surface area contributed by atoms with Gasteiger partial charge < -0.3 is 5.73 Å². The Balaban J connectivity index is 3.28. The molecule has 0 heterocycles. The molecule has 0 aliphatic carbocycles. The van der Waals surface area contributed by atoms with Crippen LogP contribution in [-0.4, -0.2) is 0 Å². The lowest BCUT2D eigenvalue weighted by atomic mass is 10.0. The Morgan fingerprint density at radius 2 is 2.25 bits per heavy atom. The molecule has 0 unspecified atom stereocenters. The minimum atomic E-state index is -0.532. The second kappa shape index (κ2) is 5.53. The van der Waals surface area contributed by atoms with Crippen molar-refractivity contribution >= 4 is 17.3 Å². The van der Waals surface area contributed by atoms with Crippen LogP contribution in [0.1, 0.15) is 25.3 Å². The highest BCUT2D eigenvalue weighted by atomic mass is 35.5. The van der Waals surface area contributed by atoms with Crippen LogP contribution in [0.4, 0.5) is 4.39 Å². The van der Waals surface area contributed by atoms with E-state index in [2.05, 4.69) is 0 Å². The molecule has 0 amide bonds. The van der Waals surface area contributed by atoms with E-state index in [9.17, 15) is 4.39 Å². The maximum Gasteiger partial charge on any atom is 0.142 e. The summed E-state index contributed by atoms with van der Waals surface area (Å²) in [4.78, 5) is 0. The molecular formula is C12H12ClFN2. The first-order chi connectivity index (χ1) is 7.61. The Labute approximate surface area is 99.1 Å². The van der Waals surface area contributed by atoms with Gasteiger partial charge in [-0.05, 0) is 12.5 Å². The van der Waals surface area contributed by atoms with Crippen LogP contribution in [0.15, 0.2) is 23.8 Å². The molecule has 4 heteroatoms. The zero-order valence-corrected chi connectivity index (χ0v) is 9.68. The molecule has 0 atom stereocenters. The van der Waals surface area contributed by atoms with Crippen LogP contribution < -0.4 is 5.73 Å². The number of hydrogen-bond donors (Lipinski definition) is 1. The van der Waals surface area contributed by atoms with Gasteiger partial charge in [0.2, 0.25) is 0 Å². The van der Waals surface area contributed by atoms with Gasteiger partial charge in [0.25, 0.3) is 0 Å². The van der Waals surface area contributed by atoms with Gasteiger partial charge in [0, 0.05) is 5.56 Å². The highest BCUT2D eigenvalue weighted by Gasteiger charge is 2.11. The lowest BCUT2D eigenvalue weighted by Gasteiger charge is -2.07. The van der Waals surface area contributed by atoms with Gasteiger partial charge in [-0.2, -0.15) is 5.26 Å². The molecule has 0 radical (unpaired) electrons. The summed E-state index contributed by atoms with van der Waals surface area (Å²) in [5.74, 6) is -0.532. The van der Waals surface area contributed by atoms with Crippen LogP contribution in [0.5, 0.6) is 0 Å². The summed E-state index contributed by atoms with van der Waals surface area (Å²) in [6.45, 7) is 1.94. The van der Waals surface area contributed by atoms with Gasteiger partial charge in [-0.25, -0.2) is 4.39 Å². The van der Waals surface area contributed by atoms with Gasteiger partial charge in [0.1, 0.15) is 5.82 Å². The zero-order chi connectivity index (χ0) is 12.1. The number of nitrogens with two attached hydrogens (primary N) is 1. The zero-order valence-electron chi connectivity index (χ0n) is 8.93. The molecule has 1 aromatic rings. The summed E-state index contributed by atoms with van der Waals surface area (Å²) in [5.41, 5.74) is 6.89. The van der Waals surface area contributed by atoms with Crippen molar-refractivity contribution in [1.29, 1.82) is 5.26 Å². The van der Waals surface area contributed by atoms with E-state index in [-0.39, 0.29) is 10.7 Å². The van der Waals surface area contributed by atoms with Gasteiger partial charge in [-0.15, -0.1) is 0 Å². The third kappa shape index (κ3) is 2.53. The SMILES string of the molecule is CCC/C(C#N)=C(/N)c1cccc(F)c1Cl. The van der Waals surface area contributed by atoms with Crippen LogP contribution in [0, 0.1) is 17.1 Å². The highest BCUT2D eigenvalue weighted by molar-refractivity contribution is 6.32. The lowest BCUT2D eigenvalue weighted by molar-refractivity contribution is 0.627. The first-order valence-electron chi connectivity index (χ1n) is 4.94. The third-order valence-electron chi connectivity index (χ3n) is 2.20. The summed E-state index contributed by atoms with van der Waals surface area (Å²) < 4.78 is 13.2. The van der Waals surface area contributed by atoms with E-state index in [1.54, 1.807) is 6.07 Å². The molecule has 2 N–H and O–H groups in total. The number of rotatable bonds is 3. The van der Waals surface area contributed by atoms with Crippen molar-refractivity contribution < 1.29 is 4.39 Å². The van der Waals surface area contributed by atoms with Crippen LogP contribution in [-0.2, 0) is 0 Å². The standard InChI is InChI=1S/C12H12ClFN2/c1-2-4-8(7-15)12(16)9-5-3-6-10(14)11(9)13/h3,5-6H,2,4,16H2,1H3/b12-8-. The molecule has 0 aliphatic rings. The molecule has 1 aromatic carbocycles. The van der Waals surface area contributed by atoms with E-state index in [1.807, 2.05) is 13.0 Å². The maximum atomic E-state index is 13.2. The lowest BCUT2D eigenvalue weighted by Crippen LogP contribution is -2.02. The Morgan fingerprint density at radius 3 is 2.81 bits per heavy atom. The first-order valence-corrected chi connectivity index (χ1v) is 5.32. The maximum absolute atomic E-state index is 13.2. The van der Waals surface area contributed by atoms with Gasteiger partial charge in [-0.1, -0.05) is 37.1 Å². The number of nitriles is 1. The fraction of sp³-hybridized carbons (Fsp3) is 0.250. The smallest absolute Gasteiger partial charge is 0.142 e. The Bertz CT molecular complexity index is 461. The molecule has 0 spiro atoms. The van der Waals surface area contributed by atoms with Gasteiger partial charge in [0.05, 0.1) is 22.4 Å². The quantitative estimate of drug-likeness (QED) is 0.820. The predicted molar refractivity (Wildman–Crippen MR) is 63.0 cm³/mol. The fourth-order valence-corrected chi connectivity index (χ4v) is 1.60. The highest BCUT2D eigenvalue weighted by Crippen LogP contribution is 2.26. The Hall–Kier alpha value is -1.53. The molecular weight excluding hydrogens is 227 g/mol. The summed E-state index contributed by atoms with van der Waals surface area (Å²) in [7, 11) is 0. The van der Waals surface area contributed by atoms with Crippen LogP contribution in [0.2, 0.25) is 5.02 Å². The van der Waals surface area contributed by atoms with Crippen molar-refractivity contribution in [3.05, 3.63) is 40.2 Å². The number of benzene rings is 1. The Morgan fingerprint density at radius 1 is 1.56 bits per heavy atom. The molecule has 84 valence electrons. The molecule has 0 bridgehead atoms. The summed E-state index contributed by atoms with van der Waals surface area (Å²) in [6.07, 6.45) is 1.37. The average Bonchev–Trinajstić information content (AvgIpc) is 2.29. The minimum Gasteiger partial charge on any atom is -0.397 e. The molecule has 0 fully saturated rings. The molecule has 2 nitrogen and oxygen atoms in total. The normalized spacial score (nSPS) is 11.9. The van der Waals surface area contributed by atoms with E-state index in [0.29, 0.717) is 17.6 Å². The molecule has 0 aromatic heterocycles. The average molecular weight is 239 g/mol. The van der Waals surface area contributed by atoms with Gasteiger partial charge in [-0.3, -0.25) is 0 Å². The minimum absolute atomic E-state index is 0.0381. The monoisotopic (exact) mass is 238 g/mol. The number of nitrogens with zero attached hydrogens (tertiary/aromatic N) is 1. The summed E-state index contributed by atoms with van der Waals surface area (Å²) in [5, 5.41) is 8.89. The molecule has 0 saturated heterocycles. The first kappa shape index (κ1) is 12.5. The van der Waals surface area contributed by atoms with Crippen molar-refractivity contribution in [2.75, 3.05) is 0 Å². The summed E-state index contributed by atoms with van der Waals surface area (Å²) >= 11 is 5.79. The number of halogens is 2.